The van der Waals surface area contributed by atoms with Crippen LogP contribution in [0.4, 0.5) is 14.9 Å². The number of sulfonamides is 1. The molecule has 0 aliphatic carbocycles. The van der Waals surface area contributed by atoms with Gasteiger partial charge in [0.25, 0.3) is 0 Å². The number of aromatic nitrogens is 1. The van der Waals surface area contributed by atoms with Crippen LogP contribution in [0, 0.1) is 5.82 Å². The van der Waals surface area contributed by atoms with Crippen LogP contribution in [0.15, 0.2) is 59.6 Å². The third-order valence-electron chi connectivity index (χ3n) is 5.12. The monoisotopic (exact) mass is 416 g/mol. The summed E-state index contributed by atoms with van der Waals surface area (Å²) >= 11 is 0. The fraction of sp³-hybridized carbons (Fsp3) is 0.250. The molecule has 0 spiro atoms. The Kier molecular flexibility index (Phi) is 5.01. The molecule has 0 bridgehead atoms. The van der Waals surface area contributed by atoms with E-state index >= 15 is 0 Å². The molecule has 0 unspecified atom stereocenters. The molecule has 2 amide bonds. The van der Waals surface area contributed by atoms with E-state index < -0.39 is 10.0 Å². The largest absolute Gasteiger partial charge is 0.351 e. The van der Waals surface area contributed by atoms with Gasteiger partial charge in [0.05, 0.1) is 4.90 Å². The molecule has 1 aromatic heterocycles. The SMILES string of the molecule is Cn1ccc2cc(S(=O)(=O)N3CCN(C(=O)Nc4ccc(F)cc4)CC3)ccc21. The second kappa shape index (κ2) is 7.49. The summed E-state index contributed by atoms with van der Waals surface area (Å²) in [7, 11) is -1.72. The third kappa shape index (κ3) is 3.83. The zero-order valence-corrected chi connectivity index (χ0v) is 16.7. The Balaban J connectivity index is 1.42. The van der Waals surface area contributed by atoms with Gasteiger partial charge in [0.2, 0.25) is 10.0 Å². The number of halogens is 1. The number of benzene rings is 2. The van der Waals surface area contributed by atoms with Crippen LogP contribution < -0.4 is 5.32 Å². The summed E-state index contributed by atoms with van der Waals surface area (Å²) in [6, 6.07) is 12.1. The van der Waals surface area contributed by atoms with Crippen LogP contribution in [-0.2, 0) is 17.1 Å². The molecule has 1 aliphatic rings. The average Bonchev–Trinajstić information content (AvgIpc) is 3.10. The van der Waals surface area contributed by atoms with Crippen LogP contribution in [-0.4, -0.2) is 54.4 Å². The van der Waals surface area contributed by atoms with Crippen LogP contribution >= 0.6 is 0 Å². The lowest BCUT2D eigenvalue weighted by Crippen LogP contribution is -2.51. The molecule has 7 nitrogen and oxygen atoms in total. The van der Waals surface area contributed by atoms with Crippen LogP contribution in [0.3, 0.4) is 0 Å². The number of aryl methyl sites for hydroxylation is 1. The molecule has 152 valence electrons. The van der Waals surface area contributed by atoms with Gasteiger partial charge in [0.1, 0.15) is 5.82 Å². The van der Waals surface area contributed by atoms with Gasteiger partial charge in [-0.25, -0.2) is 17.6 Å². The smallest absolute Gasteiger partial charge is 0.321 e. The Hall–Kier alpha value is -2.91. The van der Waals surface area contributed by atoms with E-state index in [0.717, 1.165) is 10.9 Å². The van der Waals surface area contributed by atoms with Crippen molar-refractivity contribution < 1.29 is 17.6 Å². The highest BCUT2D eigenvalue weighted by molar-refractivity contribution is 7.89. The van der Waals surface area contributed by atoms with Crippen molar-refractivity contribution in [3.8, 4) is 0 Å². The van der Waals surface area contributed by atoms with Gasteiger partial charge in [-0.2, -0.15) is 4.31 Å². The van der Waals surface area contributed by atoms with Crippen LogP contribution in [0.2, 0.25) is 0 Å². The topological polar surface area (TPSA) is 74.7 Å². The van der Waals surface area contributed by atoms with Crippen LogP contribution in [0.1, 0.15) is 0 Å². The average molecular weight is 416 g/mol. The van der Waals surface area contributed by atoms with Crippen molar-refractivity contribution in [3.63, 3.8) is 0 Å². The minimum absolute atomic E-state index is 0.214. The lowest BCUT2D eigenvalue weighted by molar-refractivity contribution is 0.184. The first-order valence-electron chi connectivity index (χ1n) is 9.21. The van der Waals surface area contributed by atoms with E-state index in [0.29, 0.717) is 5.69 Å². The van der Waals surface area contributed by atoms with E-state index in [2.05, 4.69) is 5.32 Å². The molecule has 2 heterocycles. The first kappa shape index (κ1) is 19.4. The number of rotatable bonds is 3. The number of carbonyl (C=O) groups excluding carboxylic acids is 1. The fourth-order valence-corrected chi connectivity index (χ4v) is 4.89. The number of hydrogen-bond donors (Lipinski definition) is 1. The van der Waals surface area contributed by atoms with Gasteiger partial charge in [-0.1, -0.05) is 0 Å². The highest BCUT2D eigenvalue weighted by Crippen LogP contribution is 2.23. The van der Waals surface area contributed by atoms with Gasteiger partial charge < -0.3 is 14.8 Å². The molecule has 1 saturated heterocycles. The second-order valence-corrected chi connectivity index (χ2v) is 8.91. The Morgan fingerprint density at radius 1 is 1.00 bits per heavy atom. The van der Waals surface area contributed by atoms with Crippen LogP contribution in [0.5, 0.6) is 0 Å². The highest BCUT2D eigenvalue weighted by atomic mass is 32.2. The number of anilines is 1. The van der Waals surface area contributed by atoms with Crippen molar-refractivity contribution in [1.29, 1.82) is 0 Å². The lowest BCUT2D eigenvalue weighted by atomic mass is 10.2. The summed E-state index contributed by atoms with van der Waals surface area (Å²) in [5.74, 6) is -0.379. The first-order chi connectivity index (χ1) is 13.8. The zero-order valence-electron chi connectivity index (χ0n) is 15.9. The summed E-state index contributed by atoms with van der Waals surface area (Å²) < 4.78 is 42.3. The van der Waals surface area contributed by atoms with E-state index in [4.69, 9.17) is 0 Å². The molecule has 1 N–H and O–H groups in total. The van der Waals surface area contributed by atoms with E-state index in [1.807, 2.05) is 23.9 Å². The van der Waals surface area contributed by atoms with Gasteiger partial charge in [0, 0.05) is 56.0 Å². The summed E-state index contributed by atoms with van der Waals surface area (Å²) in [5, 5.41) is 3.56. The third-order valence-corrected chi connectivity index (χ3v) is 7.01. The predicted molar refractivity (Wildman–Crippen MR) is 109 cm³/mol. The van der Waals surface area contributed by atoms with E-state index in [1.165, 1.54) is 28.6 Å². The van der Waals surface area contributed by atoms with Crippen molar-refractivity contribution >= 4 is 32.6 Å². The Morgan fingerprint density at radius 2 is 1.69 bits per heavy atom. The number of amides is 2. The number of nitrogens with zero attached hydrogens (tertiary/aromatic N) is 3. The highest BCUT2D eigenvalue weighted by Gasteiger charge is 2.30. The number of carbonyl (C=O) groups is 1. The van der Waals surface area contributed by atoms with Crippen molar-refractivity contribution in [3.05, 3.63) is 60.5 Å². The summed E-state index contributed by atoms with van der Waals surface area (Å²) in [6.45, 7) is 0.984. The number of piperazine rings is 1. The molecular formula is C20H21FN4O3S. The zero-order chi connectivity index (χ0) is 20.6. The van der Waals surface area contributed by atoms with Crippen LogP contribution in [0.25, 0.3) is 10.9 Å². The van der Waals surface area contributed by atoms with E-state index in [1.54, 1.807) is 23.1 Å². The number of urea groups is 1. The van der Waals surface area contributed by atoms with Crippen molar-refractivity contribution in [2.45, 2.75) is 4.90 Å². The van der Waals surface area contributed by atoms with Gasteiger partial charge in [0.15, 0.2) is 0 Å². The normalized spacial score (nSPS) is 15.6. The Bertz CT molecular complexity index is 1150. The van der Waals surface area contributed by atoms with Crippen molar-refractivity contribution in [1.82, 2.24) is 13.8 Å². The number of fused-ring (bicyclic) bond motifs is 1. The quantitative estimate of drug-likeness (QED) is 0.714. The minimum Gasteiger partial charge on any atom is -0.351 e. The fourth-order valence-electron chi connectivity index (χ4n) is 3.44. The maximum absolute atomic E-state index is 13.0. The lowest BCUT2D eigenvalue weighted by Gasteiger charge is -2.34. The molecule has 0 radical (unpaired) electrons. The molecule has 4 rings (SSSR count). The maximum Gasteiger partial charge on any atom is 0.321 e. The molecular weight excluding hydrogens is 395 g/mol. The number of nitrogens with one attached hydrogen (secondary N) is 1. The Labute approximate surface area is 168 Å². The number of hydrogen-bond acceptors (Lipinski definition) is 3. The van der Waals surface area contributed by atoms with E-state index in [9.17, 15) is 17.6 Å². The van der Waals surface area contributed by atoms with Crippen molar-refractivity contribution in [2.24, 2.45) is 7.05 Å². The minimum atomic E-state index is -3.63. The van der Waals surface area contributed by atoms with Gasteiger partial charge in [-0.05, 0) is 48.5 Å². The van der Waals surface area contributed by atoms with Gasteiger partial charge in [-0.15, -0.1) is 0 Å². The molecule has 9 heteroatoms. The van der Waals surface area contributed by atoms with Gasteiger partial charge >= 0.3 is 6.03 Å². The molecule has 1 fully saturated rings. The Morgan fingerprint density at radius 3 is 2.38 bits per heavy atom. The second-order valence-electron chi connectivity index (χ2n) is 6.98. The first-order valence-corrected chi connectivity index (χ1v) is 10.7. The summed E-state index contributed by atoms with van der Waals surface area (Å²) in [6.07, 6.45) is 1.89. The predicted octanol–water partition coefficient (Wildman–Crippen LogP) is 2.86. The summed E-state index contributed by atoms with van der Waals surface area (Å²) in [5.41, 5.74) is 1.45. The standard InChI is InChI=1S/C20H21FN4O3S/c1-23-9-8-15-14-18(6-7-19(15)23)29(27,28)25-12-10-24(11-13-25)20(26)22-17-4-2-16(21)3-5-17/h2-9,14H,10-13H2,1H3,(H,22,26). The molecule has 0 atom stereocenters. The molecule has 3 aromatic rings. The molecule has 0 saturated carbocycles. The molecule has 1 aliphatic heterocycles. The molecule has 29 heavy (non-hydrogen) atoms. The van der Waals surface area contributed by atoms with Crippen molar-refractivity contribution in [2.75, 3.05) is 31.5 Å². The maximum atomic E-state index is 13.0. The molecule has 2 aromatic carbocycles. The van der Waals surface area contributed by atoms with Gasteiger partial charge in [-0.3, -0.25) is 0 Å². The summed E-state index contributed by atoms with van der Waals surface area (Å²) in [4.78, 5) is 14.2. The van der Waals surface area contributed by atoms with E-state index in [-0.39, 0.29) is 42.9 Å².